The number of aliphatic hydroxyl groups is 3. The number of rotatable bonds is 5. The molecule has 5 fully saturated rings. The van der Waals surface area contributed by atoms with Crippen molar-refractivity contribution in [1.82, 2.24) is 0 Å². The van der Waals surface area contributed by atoms with E-state index in [-0.39, 0.29) is 41.2 Å². The molecular weight excluding hydrogens is 504 g/mol. The lowest BCUT2D eigenvalue weighted by molar-refractivity contribution is -0.312. The van der Waals surface area contributed by atoms with Crippen LogP contribution in [0.25, 0.3) is 0 Å². The van der Waals surface area contributed by atoms with E-state index in [1.54, 1.807) is 13.0 Å². The van der Waals surface area contributed by atoms with Crippen LogP contribution in [-0.4, -0.2) is 83.7 Å². The first kappa shape index (κ1) is 27.8. The molecule has 6 rings (SSSR count). The van der Waals surface area contributed by atoms with Gasteiger partial charge < -0.3 is 39.1 Å². The summed E-state index contributed by atoms with van der Waals surface area (Å²) in [6.07, 6.45) is 5.39. The van der Waals surface area contributed by atoms with E-state index < -0.39 is 41.7 Å². The number of aldehydes is 1. The van der Waals surface area contributed by atoms with Crippen molar-refractivity contribution in [3.63, 3.8) is 0 Å². The van der Waals surface area contributed by atoms with Gasteiger partial charge in [-0.2, -0.15) is 0 Å². The normalized spacial score (nSPS) is 53.3. The maximum absolute atomic E-state index is 13.0. The smallest absolute Gasteiger partial charge is 0.331 e. The minimum atomic E-state index is -1.11. The topological polar surface area (TPSA) is 132 Å². The molecule has 3 unspecified atom stereocenters. The molecule has 0 aromatic rings. The van der Waals surface area contributed by atoms with Crippen LogP contribution in [0, 0.1) is 34.5 Å². The van der Waals surface area contributed by atoms with Crippen molar-refractivity contribution in [1.29, 1.82) is 0 Å². The highest BCUT2D eigenvalue weighted by Gasteiger charge is 2.68. The highest BCUT2D eigenvalue weighted by Crippen LogP contribution is 2.69. The van der Waals surface area contributed by atoms with Crippen molar-refractivity contribution in [2.24, 2.45) is 34.5 Å². The Morgan fingerprint density at radius 3 is 2.54 bits per heavy atom. The van der Waals surface area contributed by atoms with Crippen molar-refractivity contribution in [2.45, 2.75) is 114 Å². The Labute approximate surface area is 230 Å². The second-order valence-corrected chi connectivity index (χ2v) is 13.4. The molecule has 9 nitrogen and oxygen atoms in total. The molecule has 218 valence electrons. The van der Waals surface area contributed by atoms with Crippen LogP contribution in [0.3, 0.4) is 0 Å². The van der Waals surface area contributed by atoms with Gasteiger partial charge in [0.05, 0.1) is 17.8 Å². The molecule has 3 N–H and O–H groups in total. The summed E-state index contributed by atoms with van der Waals surface area (Å²) in [5, 5.41) is 33.4. The van der Waals surface area contributed by atoms with E-state index in [9.17, 15) is 24.9 Å². The van der Waals surface area contributed by atoms with Crippen LogP contribution in [0.5, 0.6) is 0 Å². The van der Waals surface area contributed by atoms with Gasteiger partial charge in [-0.25, -0.2) is 4.79 Å². The van der Waals surface area contributed by atoms with Crippen LogP contribution < -0.4 is 0 Å². The third-order valence-electron chi connectivity index (χ3n) is 12.1. The average Bonchev–Trinajstić information content (AvgIpc) is 3.47. The van der Waals surface area contributed by atoms with E-state index in [4.69, 9.17) is 18.9 Å². The standard InChI is InChI=1S/C30H44O9/c1-16-24(33)26(36-3)25(34)27(38-16)39-19-6-10-29(15-31)18(13-19)4-5-22-21(29)7-9-28(2)20(8-11-30(22,28)35)17-12-23(32)37-14-17/h12,15-16,18-22,24-27,33-35H,4-11,13-14H2,1-3H3/t16-,18-,19+,20?,21?,22-,24+,25-,26-,27-,28-,29-,30?/m1/s1. The van der Waals surface area contributed by atoms with Gasteiger partial charge in [-0.15, -0.1) is 0 Å². The van der Waals surface area contributed by atoms with Gasteiger partial charge in [-0.3, -0.25) is 0 Å². The van der Waals surface area contributed by atoms with Crippen LogP contribution in [0.15, 0.2) is 11.6 Å². The monoisotopic (exact) mass is 548 g/mol. The number of cyclic esters (lactones) is 1. The van der Waals surface area contributed by atoms with Crippen molar-refractivity contribution >= 4 is 12.3 Å². The van der Waals surface area contributed by atoms with E-state index in [0.717, 1.165) is 37.7 Å². The van der Waals surface area contributed by atoms with Crippen molar-refractivity contribution in [2.75, 3.05) is 13.7 Å². The molecule has 1 saturated heterocycles. The fourth-order valence-corrected chi connectivity index (χ4v) is 10.00. The molecule has 4 aliphatic carbocycles. The first-order valence-corrected chi connectivity index (χ1v) is 14.8. The minimum Gasteiger partial charge on any atom is -0.458 e. The highest BCUT2D eigenvalue weighted by molar-refractivity contribution is 5.85. The molecule has 2 heterocycles. The Kier molecular flexibility index (Phi) is 7.04. The summed E-state index contributed by atoms with van der Waals surface area (Å²) in [5.41, 5.74) is -0.682. The van der Waals surface area contributed by atoms with E-state index >= 15 is 0 Å². The molecule has 0 aromatic carbocycles. The summed E-state index contributed by atoms with van der Waals surface area (Å²) in [7, 11) is 1.46. The number of fused-ring (bicyclic) bond motifs is 5. The Balaban J connectivity index is 1.18. The molecule has 2 aliphatic heterocycles. The third-order valence-corrected chi connectivity index (χ3v) is 12.1. The maximum Gasteiger partial charge on any atom is 0.331 e. The average molecular weight is 549 g/mol. The van der Waals surface area contributed by atoms with Gasteiger partial charge in [0, 0.05) is 24.0 Å². The maximum atomic E-state index is 13.0. The van der Waals surface area contributed by atoms with E-state index in [1.807, 2.05) is 0 Å². The summed E-state index contributed by atoms with van der Waals surface area (Å²) >= 11 is 0. The Bertz CT molecular complexity index is 1010. The Morgan fingerprint density at radius 2 is 1.85 bits per heavy atom. The summed E-state index contributed by atoms with van der Waals surface area (Å²) in [6.45, 7) is 4.25. The molecule has 6 aliphatic rings. The number of hydrogen-bond acceptors (Lipinski definition) is 9. The van der Waals surface area contributed by atoms with Crippen LogP contribution >= 0.6 is 0 Å². The zero-order valence-electron chi connectivity index (χ0n) is 23.3. The lowest BCUT2D eigenvalue weighted by Gasteiger charge is -2.63. The first-order valence-electron chi connectivity index (χ1n) is 14.8. The molecule has 0 spiro atoms. The number of esters is 1. The second kappa shape index (κ2) is 9.88. The number of carbonyl (C=O) groups is 2. The molecule has 4 saturated carbocycles. The summed E-state index contributed by atoms with van der Waals surface area (Å²) in [6, 6.07) is 0. The number of ether oxygens (including phenoxy) is 4. The number of hydrogen-bond donors (Lipinski definition) is 3. The molecule has 13 atom stereocenters. The quantitative estimate of drug-likeness (QED) is 0.269. The summed E-state index contributed by atoms with van der Waals surface area (Å²) in [5.74, 6) is 0.152. The van der Waals surface area contributed by atoms with Crippen LogP contribution in [-0.2, 0) is 28.5 Å². The Hall–Kier alpha value is -1.36. The summed E-state index contributed by atoms with van der Waals surface area (Å²) in [4.78, 5) is 24.8. The molecule has 39 heavy (non-hydrogen) atoms. The van der Waals surface area contributed by atoms with Gasteiger partial charge in [0.25, 0.3) is 0 Å². The predicted molar refractivity (Wildman–Crippen MR) is 138 cm³/mol. The van der Waals surface area contributed by atoms with E-state index in [2.05, 4.69) is 6.92 Å². The van der Waals surface area contributed by atoms with Crippen molar-refractivity contribution in [3.8, 4) is 0 Å². The zero-order chi connectivity index (χ0) is 27.7. The second-order valence-electron chi connectivity index (χ2n) is 13.4. The van der Waals surface area contributed by atoms with Crippen LogP contribution in [0.4, 0.5) is 0 Å². The number of methoxy groups -OCH3 is 1. The fraction of sp³-hybridized carbons (Fsp3) is 0.867. The lowest BCUT2D eigenvalue weighted by Crippen LogP contribution is -2.63. The van der Waals surface area contributed by atoms with Gasteiger partial charge in [-0.05, 0) is 94.0 Å². The predicted octanol–water partition coefficient (Wildman–Crippen LogP) is 2.29. The van der Waals surface area contributed by atoms with Gasteiger partial charge in [0.1, 0.15) is 31.2 Å². The summed E-state index contributed by atoms with van der Waals surface area (Å²) < 4.78 is 22.6. The first-order chi connectivity index (χ1) is 18.6. The van der Waals surface area contributed by atoms with Crippen molar-refractivity contribution < 1.29 is 43.9 Å². The molecule has 0 bridgehead atoms. The molecule has 0 amide bonds. The lowest BCUT2D eigenvalue weighted by atomic mass is 9.43. The minimum absolute atomic E-state index is 0.0482. The Morgan fingerprint density at radius 1 is 1.05 bits per heavy atom. The van der Waals surface area contributed by atoms with Gasteiger partial charge in [-0.1, -0.05) is 6.92 Å². The zero-order valence-corrected chi connectivity index (χ0v) is 23.3. The van der Waals surface area contributed by atoms with E-state index in [0.29, 0.717) is 32.3 Å². The van der Waals surface area contributed by atoms with Crippen molar-refractivity contribution in [3.05, 3.63) is 11.6 Å². The molecular formula is C30H44O9. The highest BCUT2D eigenvalue weighted by atomic mass is 16.7. The van der Waals surface area contributed by atoms with E-state index in [1.165, 1.54) is 13.4 Å². The number of carbonyl (C=O) groups excluding carboxylic acids is 2. The third kappa shape index (κ3) is 4.02. The van der Waals surface area contributed by atoms with Gasteiger partial charge >= 0.3 is 5.97 Å². The van der Waals surface area contributed by atoms with Crippen LogP contribution in [0.2, 0.25) is 0 Å². The van der Waals surface area contributed by atoms with Gasteiger partial charge in [0.15, 0.2) is 6.29 Å². The SMILES string of the molecule is CO[C@@H]1[C@@H](O)[C@@H](C)O[C@H](O[C@H]2CC[C@]3(C=O)C4CC[C@]5(C)C(C6=CC(=O)OC6)CCC5(O)[C@@H]4CC[C@@H]3C2)[C@@H]1O. The molecule has 9 heteroatoms. The largest absolute Gasteiger partial charge is 0.458 e. The molecule has 0 aromatic heterocycles. The number of aliphatic hydroxyl groups excluding tert-OH is 2. The van der Waals surface area contributed by atoms with Crippen LogP contribution in [0.1, 0.15) is 71.6 Å². The van der Waals surface area contributed by atoms with Gasteiger partial charge in [0.2, 0.25) is 0 Å². The fourth-order valence-electron chi connectivity index (χ4n) is 10.00. The molecule has 0 radical (unpaired) electrons.